The molecule has 1 aliphatic rings. The molecule has 3 rings (SSSR count). The highest BCUT2D eigenvalue weighted by Crippen LogP contribution is 2.21. The molecule has 0 spiro atoms. The van der Waals surface area contributed by atoms with Gasteiger partial charge in [0.1, 0.15) is 5.75 Å². The van der Waals surface area contributed by atoms with E-state index in [1.54, 1.807) is 12.7 Å². The number of hydrogen-bond acceptors (Lipinski definition) is 2. The van der Waals surface area contributed by atoms with Crippen molar-refractivity contribution >= 4 is 28.2 Å². The second-order valence-electron chi connectivity index (χ2n) is 6.54. The molecule has 1 aromatic heterocycles. The largest absolute Gasteiger partial charge is 0.497 e. The van der Waals surface area contributed by atoms with Crippen molar-refractivity contribution in [3.63, 3.8) is 0 Å². The predicted octanol–water partition coefficient (Wildman–Crippen LogP) is 4.07. The fraction of sp³-hybridized carbons (Fsp3) is 0.450. The van der Waals surface area contributed by atoms with Gasteiger partial charge in [0.2, 0.25) is 0 Å². The molecule has 0 aliphatic heterocycles. The number of aromatic nitrogens is 1. The topological polar surface area (TPSA) is 49.1 Å². The van der Waals surface area contributed by atoms with Crippen molar-refractivity contribution in [2.24, 2.45) is 0 Å². The molecule has 1 aliphatic carbocycles. The van der Waals surface area contributed by atoms with E-state index in [0.717, 1.165) is 42.3 Å². The van der Waals surface area contributed by atoms with Gasteiger partial charge in [-0.3, -0.25) is 0 Å². The Bertz CT molecular complexity index is 750. The number of methoxy groups -OCH3 is 1. The van der Waals surface area contributed by atoms with E-state index in [2.05, 4.69) is 39.9 Å². The van der Waals surface area contributed by atoms with Crippen LogP contribution in [-0.4, -0.2) is 30.3 Å². The average Bonchev–Trinajstić information content (AvgIpc) is 3.04. The van der Waals surface area contributed by atoms with Crippen LogP contribution in [0.25, 0.3) is 10.9 Å². The van der Waals surface area contributed by atoms with E-state index in [-0.39, 0.29) is 0 Å². The molecule has 2 aromatic rings. The van der Waals surface area contributed by atoms with Gasteiger partial charge >= 0.3 is 0 Å². The number of fused-ring (bicyclic) bond motifs is 1. The van der Waals surface area contributed by atoms with Crippen molar-refractivity contribution in [1.29, 1.82) is 0 Å². The van der Waals surface area contributed by atoms with E-state index in [0.29, 0.717) is 0 Å². The molecule has 134 valence electrons. The smallest absolute Gasteiger partial charge is 0.166 e. The second kappa shape index (κ2) is 8.90. The van der Waals surface area contributed by atoms with Crippen molar-refractivity contribution < 1.29 is 4.74 Å². The van der Waals surface area contributed by atoms with Crippen molar-refractivity contribution in [1.82, 2.24) is 15.6 Å². The molecule has 0 unspecified atom stereocenters. The van der Waals surface area contributed by atoms with E-state index in [1.165, 1.54) is 36.8 Å². The number of aromatic amines is 1. The molecule has 25 heavy (non-hydrogen) atoms. The van der Waals surface area contributed by atoms with Crippen LogP contribution in [0.3, 0.4) is 0 Å². The minimum Gasteiger partial charge on any atom is -0.497 e. The number of hydrogen-bond donors (Lipinski definition) is 3. The van der Waals surface area contributed by atoms with Crippen LogP contribution in [0.2, 0.25) is 0 Å². The first-order valence-electron chi connectivity index (χ1n) is 9.10. The third-order valence-corrected chi connectivity index (χ3v) is 4.97. The molecule has 5 heteroatoms. The summed E-state index contributed by atoms with van der Waals surface area (Å²) in [6.45, 7) is 1.74. The van der Waals surface area contributed by atoms with E-state index in [1.807, 2.05) is 6.07 Å². The highest BCUT2D eigenvalue weighted by atomic mass is 32.1. The Hall–Kier alpha value is -2.01. The van der Waals surface area contributed by atoms with Crippen molar-refractivity contribution in [2.75, 3.05) is 20.2 Å². The Kier molecular flexibility index (Phi) is 6.34. The molecular formula is C20H27N3OS. The maximum atomic E-state index is 5.36. The first kappa shape index (κ1) is 17.8. The molecule has 4 nitrogen and oxygen atoms in total. The number of ether oxygens (including phenoxy) is 1. The Morgan fingerprint density at radius 3 is 2.76 bits per heavy atom. The maximum Gasteiger partial charge on any atom is 0.166 e. The number of rotatable bonds is 7. The lowest BCUT2D eigenvalue weighted by Gasteiger charge is -2.14. The number of benzene rings is 1. The summed E-state index contributed by atoms with van der Waals surface area (Å²) in [6.07, 6.45) is 9.59. The minimum absolute atomic E-state index is 0.745. The van der Waals surface area contributed by atoms with Crippen molar-refractivity contribution in [3.05, 3.63) is 41.6 Å². The summed E-state index contributed by atoms with van der Waals surface area (Å²) in [5, 5.41) is 8.52. The fourth-order valence-electron chi connectivity index (χ4n) is 3.27. The van der Waals surface area contributed by atoms with Crippen LogP contribution < -0.4 is 15.4 Å². The zero-order valence-corrected chi connectivity index (χ0v) is 15.7. The Morgan fingerprint density at radius 2 is 2.00 bits per heavy atom. The van der Waals surface area contributed by atoms with Gasteiger partial charge in [-0.2, -0.15) is 0 Å². The van der Waals surface area contributed by atoms with Crippen molar-refractivity contribution in [2.45, 2.75) is 38.5 Å². The molecule has 0 saturated heterocycles. The van der Waals surface area contributed by atoms with Gasteiger partial charge in [0.25, 0.3) is 0 Å². The highest BCUT2D eigenvalue weighted by molar-refractivity contribution is 7.80. The summed E-state index contributed by atoms with van der Waals surface area (Å²) in [6, 6.07) is 8.25. The van der Waals surface area contributed by atoms with Gasteiger partial charge in [-0.05, 0) is 68.6 Å². The zero-order valence-electron chi connectivity index (χ0n) is 14.9. The molecule has 0 amide bonds. The summed E-state index contributed by atoms with van der Waals surface area (Å²) in [7, 11) is 1.69. The lowest BCUT2D eigenvalue weighted by Crippen LogP contribution is -2.37. The molecular weight excluding hydrogens is 330 g/mol. The summed E-state index contributed by atoms with van der Waals surface area (Å²) in [5.74, 6) is 0.884. The first-order chi connectivity index (χ1) is 12.2. The van der Waals surface area contributed by atoms with Gasteiger partial charge < -0.3 is 20.4 Å². The van der Waals surface area contributed by atoms with Gasteiger partial charge in [-0.1, -0.05) is 11.6 Å². The summed E-state index contributed by atoms with van der Waals surface area (Å²) >= 11 is 5.36. The van der Waals surface area contributed by atoms with Gasteiger partial charge in [0.15, 0.2) is 5.11 Å². The molecule has 0 bridgehead atoms. The van der Waals surface area contributed by atoms with E-state index >= 15 is 0 Å². The standard InChI is InChI=1S/C20H27N3OS/c1-24-18-7-8-19-16(14-18)13-17(23-19)10-12-22-20(25)21-11-9-15-5-3-2-4-6-15/h5,7-8,13-14,23H,2-4,6,9-12H2,1H3,(H2,21,22,25). The third-order valence-electron chi connectivity index (χ3n) is 4.68. The maximum absolute atomic E-state index is 5.36. The quantitative estimate of drug-likeness (QED) is 0.516. The summed E-state index contributed by atoms with van der Waals surface area (Å²) in [5.41, 5.74) is 3.92. The lowest BCUT2D eigenvalue weighted by atomic mass is 9.97. The Balaban J connectivity index is 1.38. The lowest BCUT2D eigenvalue weighted by molar-refractivity contribution is 0.415. The van der Waals surface area contributed by atoms with Crippen LogP contribution in [0, 0.1) is 0 Å². The minimum atomic E-state index is 0.745. The van der Waals surface area contributed by atoms with Gasteiger partial charge in [-0.25, -0.2) is 0 Å². The van der Waals surface area contributed by atoms with Crippen LogP contribution in [-0.2, 0) is 6.42 Å². The number of thiocarbonyl (C=S) groups is 1. The van der Waals surface area contributed by atoms with Crippen LogP contribution in [0.15, 0.2) is 35.9 Å². The van der Waals surface area contributed by atoms with Crippen LogP contribution in [0.5, 0.6) is 5.75 Å². The SMILES string of the molecule is COc1ccc2[nH]c(CCNC(=S)NCCC3=CCCCC3)cc2c1. The summed E-state index contributed by atoms with van der Waals surface area (Å²) in [4.78, 5) is 3.44. The predicted molar refractivity (Wildman–Crippen MR) is 108 cm³/mol. The molecule has 3 N–H and O–H groups in total. The fourth-order valence-corrected chi connectivity index (χ4v) is 3.48. The van der Waals surface area contributed by atoms with Gasteiger partial charge in [0, 0.05) is 36.1 Å². The molecule has 1 aromatic carbocycles. The monoisotopic (exact) mass is 357 g/mol. The molecule has 0 radical (unpaired) electrons. The molecule has 0 fully saturated rings. The number of allylic oxidation sites excluding steroid dienone is 1. The number of nitrogens with one attached hydrogen (secondary N) is 3. The third kappa shape index (κ3) is 5.23. The number of H-pyrrole nitrogens is 1. The molecule has 0 atom stereocenters. The average molecular weight is 358 g/mol. The molecule has 0 saturated carbocycles. The van der Waals surface area contributed by atoms with E-state index < -0.39 is 0 Å². The van der Waals surface area contributed by atoms with Crippen LogP contribution in [0.4, 0.5) is 0 Å². The normalized spacial score (nSPS) is 14.2. The van der Waals surface area contributed by atoms with E-state index in [4.69, 9.17) is 17.0 Å². The molecule has 1 heterocycles. The first-order valence-corrected chi connectivity index (χ1v) is 9.50. The Labute approximate surface area is 155 Å². The van der Waals surface area contributed by atoms with Gasteiger partial charge in [-0.15, -0.1) is 0 Å². The van der Waals surface area contributed by atoms with Gasteiger partial charge in [0.05, 0.1) is 7.11 Å². The van der Waals surface area contributed by atoms with Crippen LogP contribution in [0.1, 0.15) is 37.8 Å². The Morgan fingerprint density at radius 1 is 1.16 bits per heavy atom. The highest BCUT2D eigenvalue weighted by Gasteiger charge is 2.05. The zero-order chi connectivity index (χ0) is 17.5. The second-order valence-corrected chi connectivity index (χ2v) is 6.95. The van der Waals surface area contributed by atoms with Crippen LogP contribution >= 0.6 is 12.2 Å². The van der Waals surface area contributed by atoms with E-state index in [9.17, 15) is 0 Å². The van der Waals surface area contributed by atoms with Crippen molar-refractivity contribution in [3.8, 4) is 5.75 Å². The summed E-state index contributed by atoms with van der Waals surface area (Å²) < 4.78 is 5.27.